The van der Waals surface area contributed by atoms with Gasteiger partial charge in [-0.15, -0.1) is 21.5 Å². The van der Waals surface area contributed by atoms with Gasteiger partial charge >= 0.3 is 0 Å². The molecule has 4 rings (SSSR count). The molecule has 0 aliphatic heterocycles. The Labute approximate surface area is 167 Å². The molecule has 0 saturated heterocycles. The quantitative estimate of drug-likeness (QED) is 0.389. The Balaban J connectivity index is 1.65. The molecule has 3 aromatic heterocycles. The van der Waals surface area contributed by atoms with Gasteiger partial charge in [0.25, 0.3) is 5.56 Å². The van der Waals surface area contributed by atoms with E-state index in [0.717, 1.165) is 15.3 Å². The van der Waals surface area contributed by atoms with Crippen LogP contribution in [0, 0.1) is 19.7 Å². The standard InChI is InChI=1S/C18H17FN6OS2/c1-8-9(2)27-17-13(8)16(26)21-14(22-17)10(3)28-18-24-23-15(25(18)20)11-5-4-6-12(19)7-11/h4-7,10H,20H2,1-3H3,(H,21,22,26)/t10-/m1/s1. The molecule has 28 heavy (non-hydrogen) atoms. The van der Waals surface area contributed by atoms with Crippen LogP contribution in [0.4, 0.5) is 4.39 Å². The van der Waals surface area contributed by atoms with Crippen molar-refractivity contribution in [3.63, 3.8) is 0 Å². The number of nitrogens with zero attached hydrogens (tertiary/aromatic N) is 4. The maximum Gasteiger partial charge on any atom is 0.259 e. The highest BCUT2D eigenvalue weighted by Crippen LogP contribution is 2.34. The number of hydrogen-bond acceptors (Lipinski definition) is 7. The topological polar surface area (TPSA) is 102 Å². The van der Waals surface area contributed by atoms with Crippen molar-refractivity contribution in [1.29, 1.82) is 0 Å². The third kappa shape index (κ3) is 3.18. The first-order valence-electron chi connectivity index (χ1n) is 8.48. The molecule has 3 heterocycles. The van der Waals surface area contributed by atoms with Gasteiger partial charge in [0.2, 0.25) is 5.16 Å². The second kappa shape index (κ2) is 7.02. The minimum absolute atomic E-state index is 0.149. The number of aromatic amines is 1. The highest BCUT2D eigenvalue weighted by atomic mass is 32.2. The van der Waals surface area contributed by atoms with Gasteiger partial charge in [0.05, 0.1) is 10.6 Å². The van der Waals surface area contributed by atoms with Gasteiger partial charge in [-0.25, -0.2) is 14.1 Å². The Kier molecular flexibility index (Phi) is 4.68. The largest absolute Gasteiger partial charge is 0.335 e. The van der Waals surface area contributed by atoms with Crippen LogP contribution in [0.15, 0.2) is 34.2 Å². The van der Waals surface area contributed by atoms with Crippen LogP contribution in [0.1, 0.15) is 28.4 Å². The normalized spacial score (nSPS) is 12.6. The van der Waals surface area contributed by atoms with Gasteiger partial charge < -0.3 is 10.8 Å². The molecule has 1 aromatic carbocycles. The van der Waals surface area contributed by atoms with Gasteiger partial charge in [-0.1, -0.05) is 23.9 Å². The van der Waals surface area contributed by atoms with Crippen molar-refractivity contribution in [2.45, 2.75) is 31.2 Å². The average molecular weight is 417 g/mol. The number of benzene rings is 1. The molecule has 0 amide bonds. The second-order valence-electron chi connectivity index (χ2n) is 6.36. The van der Waals surface area contributed by atoms with Crippen molar-refractivity contribution in [1.82, 2.24) is 24.8 Å². The lowest BCUT2D eigenvalue weighted by molar-refractivity contribution is 0.628. The summed E-state index contributed by atoms with van der Waals surface area (Å²) in [5.74, 6) is 6.64. The van der Waals surface area contributed by atoms with Crippen LogP contribution in [-0.2, 0) is 0 Å². The SMILES string of the molecule is Cc1sc2nc([C@@H](C)Sc3nnc(-c4cccc(F)c4)n3N)[nH]c(=O)c2c1C. The van der Waals surface area contributed by atoms with Gasteiger partial charge in [-0.2, -0.15) is 0 Å². The zero-order valence-corrected chi connectivity index (χ0v) is 17.0. The Hall–Kier alpha value is -2.72. The number of nitrogens with one attached hydrogen (secondary N) is 1. The maximum absolute atomic E-state index is 13.5. The first-order valence-corrected chi connectivity index (χ1v) is 10.2. The first kappa shape index (κ1) is 18.6. The molecule has 0 fully saturated rings. The molecular formula is C18H17FN6OS2. The highest BCUT2D eigenvalue weighted by Gasteiger charge is 2.20. The van der Waals surface area contributed by atoms with E-state index >= 15 is 0 Å². The molecule has 0 unspecified atom stereocenters. The fourth-order valence-corrected chi connectivity index (χ4v) is 4.72. The van der Waals surface area contributed by atoms with Crippen molar-refractivity contribution in [3.8, 4) is 11.4 Å². The molecule has 1 atom stereocenters. The number of hydrogen-bond donors (Lipinski definition) is 2. The van der Waals surface area contributed by atoms with E-state index < -0.39 is 0 Å². The number of nitrogens with two attached hydrogens (primary N) is 1. The molecule has 0 spiro atoms. The molecule has 0 aliphatic carbocycles. The van der Waals surface area contributed by atoms with Gasteiger partial charge in [0.1, 0.15) is 16.5 Å². The molecule has 7 nitrogen and oxygen atoms in total. The Morgan fingerprint density at radius 2 is 2.11 bits per heavy atom. The number of aromatic nitrogens is 5. The lowest BCUT2D eigenvalue weighted by Crippen LogP contribution is -2.14. The minimum atomic E-state index is -0.375. The molecule has 0 aliphatic rings. The monoisotopic (exact) mass is 416 g/mol. The second-order valence-corrected chi connectivity index (χ2v) is 8.87. The van der Waals surface area contributed by atoms with Crippen LogP contribution >= 0.6 is 23.1 Å². The summed E-state index contributed by atoms with van der Waals surface area (Å²) in [5.41, 5.74) is 1.35. The van der Waals surface area contributed by atoms with E-state index in [9.17, 15) is 9.18 Å². The van der Waals surface area contributed by atoms with E-state index in [1.165, 1.54) is 39.9 Å². The summed E-state index contributed by atoms with van der Waals surface area (Å²) in [5, 5.41) is 9.03. The van der Waals surface area contributed by atoms with Gasteiger partial charge in [-0.3, -0.25) is 4.79 Å². The van der Waals surface area contributed by atoms with Crippen LogP contribution in [0.5, 0.6) is 0 Å². The van der Waals surface area contributed by atoms with Crippen molar-refractivity contribution in [3.05, 3.63) is 56.7 Å². The summed E-state index contributed by atoms with van der Waals surface area (Å²) in [7, 11) is 0. The molecule has 4 aromatic rings. The molecule has 0 saturated carbocycles. The average Bonchev–Trinajstić information content (AvgIpc) is 3.15. The first-order chi connectivity index (χ1) is 13.3. The zero-order valence-electron chi connectivity index (χ0n) is 15.4. The van der Waals surface area contributed by atoms with E-state index in [1.54, 1.807) is 12.1 Å². The molecule has 10 heteroatoms. The van der Waals surface area contributed by atoms with E-state index in [0.29, 0.717) is 27.8 Å². The van der Waals surface area contributed by atoms with Gasteiger partial charge in [0, 0.05) is 10.4 Å². The summed E-state index contributed by atoms with van der Waals surface area (Å²) in [4.78, 5) is 21.8. The smallest absolute Gasteiger partial charge is 0.259 e. The van der Waals surface area contributed by atoms with Crippen molar-refractivity contribution >= 4 is 33.3 Å². The number of aryl methyl sites for hydroxylation is 2. The number of thiophene rings is 1. The molecular weight excluding hydrogens is 399 g/mol. The number of H-pyrrole nitrogens is 1. The number of rotatable bonds is 4. The summed E-state index contributed by atoms with van der Waals surface area (Å²) in [6.07, 6.45) is 0. The predicted molar refractivity (Wildman–Crippen MR) is 110 cm³/mol. The maximum atomic E-state index is 13.5. The van der Waals surface area contributed by atoms with Crippen LogP contribution in [0.2, 0.25) is 0 Å². The van der Waals surface area contributed by atoms with E-state index in [2.05, 4.69) is 20.2 Å². The zero-order chi connectivity index (χ0) is 20.0. The lowest BCUT2D eigenvalue weighted by Gasteiger charge is -2.10. The Morgan fingerprint density at radius 1 is 1.32 bits per heavy atom. The molecule has 0 bridgehead atoms. The van der Waals surface area contributed by atoms with E-state index in [1.807, 2.05) is 20.8 Å². The fraction of sp³-hybridized carbons (Fsp3) is 0.222. The predicted octanol–water partition coefficient (Wildman–Crippen LogP) is 3.57. The van der Waals surface area contributed by atoms with E-state index in [-0.39, 0.29) is 16.6 Å². The summed E-state index contributed by atoms with van der Waals surface area (Å²) in [6.45, 7) is 5.80. The van der Waals surface area contributed by atoms with Crippen LogP contribution in [-0.4, -0.2) is 24.8 Å². The molecule has 144 valence electrons. The third-order valence-electron chi connectivity index (χ3n) is 4.47. The summed E-state index contributed by atoms with van der Waals surface area (Å²) in [6, 6.07) is 6.00. The number of thioether (sulfide) groups is 1. The van der Waals surface area contributed by atoms with Crippen molar-refractivity contribution < 1.29 is 4.39 Å². The fourth-order valence-electron chi connectivity index (χ4n) is 2.86. The number of nitrogen functional groups attached to an aromatic ring is 1. The van der Waals surface area contributed by atoms with Gasteiger partial charge in [0.15, 0.2) is 5.82 Å². The number of halogens is 1. The molecule has 0 radical (unpaired) electrons. The minimum Gasteiger partial charge on any atom is -0.335 e. The number of fused-ring (bicyclic) bond motifs is 1. The lowest BCUT2D eigenvalue weighted by atomic mass is 10.2. The highest BCUT2D eigenvalue weighted by molar-refractivity contribution is 7.99. The molecule has 3 N–H and O–H groups in total. The Bertz CT molecular complexity index is 1240. The van der Waals surface area contributed by atoms with Crippen molar-refractivity contribution in [2.24, 2.45) is 0 Å². The van der Waals surface area contributed by atoms with E-state index in [4.69, 9.17) is 5.84 Å². The van der Waals surface area contributed by atoms with Crippen LogP contribution in [0.25, 0.3) is 21.6 Å². The van der Waals surface area contributed by atoms with Crippen LogP contribution in [0.3, 0.4) is 0 Å². The summed E-state index contributed by atoms with van der Waals surface area (Å²) < 4.78 is 14.8. The third-order valence-corrected chi connectivity index (χ3v) is 6.64. The summed E-state index contributed by atoms with van der Waals surface area (Å²) >= 11 is 2.82. The van der Waals surface area contributed by atoms with Crippen molar-refractivity contribution in [2.75, 3.05) is 5.84 Å². The Morgan fingerprint density at radius 3 is 2.86 bits per heavy atom. The van der Waals surface area contributed by atoms with Crippen LogP contribution < -0.4 is 11.4 Å². The van der Waals surface area contributed by atoms with Gasteiger partial charge in [-0.05, 0) is 38.5 Å².